The molecule has 0 aliphatic carbocycles. The first-order chi connectivity index (χ1) is 23.9. The SMILES string of the molecule is CCOC(=O)C1CCN(c2cnc(C(=O)Cc3nc(-c4ccc(OCCCOC)c(C(F)(F)F)c4)c(CN4CCCC(C)(C)C4)s3)cn2)CC1. The lowest BCUT2D eigenvalue weighted by Gasteiger charge is -2.37. The molecule has 0 N–H and O–H groups in total. The molecule has 5 rings (SSSR count). The van der Waals surface area contributed by atoms with Crippen molar-refractivity contribution in [3.8, 4) is 17.0 Å². The number of carbonyl (C=O) groups is 2. The number of thiazole rings is 1. The number of hydrogen-bond acceptors (Lipinski definition) is 11. The average molecular weight is 718 g/mol. The summed E-state index contributed by atoms with van der Waals surface area (Å²) in [7, 11) is 1.53. The highest BCUT2D eigenvalue weighted by atomic mass is 32.1. The van der Waals surface area contributed by atoms with Gasteiger partial charge in [-0.2, -0.15) is 13.2 Å². The molecule has 4 heterocycles. The van der Waals surface area contributed by atoms with Crippen LogP contribution in [0.2, 0.25) is 0 Å². The molecule has 0 bridgehead atoms. The van der Waals surface area contributed by atoms with Crippen molar-refractivity contribution in [3.05, 3.63) is 51.7 Å². The minimum Gasteiger partial charge on any atom is -0.493 e. The van der Waals surface area contributed by atoms with E-state index in [9.17, 15) is 22.8 Å². The number of nitrogens with zero attached hydrogens (tertiary/aromatic N) is 5. The fourth-order valence-electron chi connectivity index (χ4n) is 6.56. The molecule has 3 aromatic rings. The summed E-state index contributed by atoms with van der Waals surface area (Å²) in [5.74, 6) is -0.210. The molecule has 272 valence electrons. The fourth-order valence-corrected chi connectivity index (χ4v) is 7.69. The van der Waals surface area contributed by atoms with Gasteiger partial charge in [0.15, 0.2) is 5.78 Å². The van der Waals surface area contributed by atoms with Crippen molar-refractivity contribution in [1.82, 2.24) is 19.9 Å². The van der Waals surface area contributed by atoms with Gasteiger partial charge in [0.1, 0.15) is 22.3 Å². The number of aromatic nitrogens is 3. The van der Waals surface area contributed by atoms with Crippen molar-refractivity contribution >= 4 is 28.9 Å². The maximum atomic E-state index is 14.3. The molecule has 0 amide bonds. The van der Waals surface area contributed by atoms with Gasteiger partial charge < -0.3 is 19.1 Å². The second-order valence-corrected chi connectivity index (χ2v) is 14.8. The van der Waals surface area contributed by atoms with Gasteiger partial charge >= 0.3 is 12.1 Å². The lowest BCUT2D eigenvalue weighted by Crippen LogP contribution is -2.39. The zero-order chi connectivity index (χ0) is 35.9. The third-order valence-electron chi connectivity index (χ3n) is 9.07. The zero-order valence-electron chi connectivity index (χ0n) is 29.2. The molecule has 0 radical (unpaired) electrons. The van der Waals surface area contributed by atoms with Crippen LogP contribution in [0.3, 0.4) is 0 Å². The van der Waals surface area contributed by atoms with Crippen LogP contribution in [0.25, 0.3) is 11.3 Å². The van der Waals surface area contributed by atoms with Crippen molar-refractivity contribution < 1.29 is 37.0 Å². The Bertz CT molecular complexity index is 1610. The molecule has 2 saturated heterocycles. The van der Waals surface area contributed by atoms with Crippen LogP contribution in [0, 0.1) is 11.3 Å². The summed E-state index contributed by atoms with van der Waals surface area (Å²) in [6.07, 6.45) is 2.20. The lowest BCUT2D eigenvalue weighted by molar-refractivity contribution is -0.148. The number of ether oxygens (including phenoxy) is 3. The number of hydrogen-bond donors (Lipinski definition) is 0. The molecule has 2 aliphatic heterocycles. The Labute approximate surface area is 295 Å². The lowest BCUT2D eigenvalue weighted by atomic mass is 9.84. The number of alkyl halides is 3. The second kappa shape index (κ2) is 16.6. The number of rotatable bonds is 14. The molecule has 14 heteroatoms. The highest BCUT2D eigenvalue weighted by molar-refractivity contribution is 7.12. The molecule has 0 saturated carbocycles. The van der Waals surface area contributed by atoms with Crippen LogP contribution in [0.1, 0.15) is 78.8 Å². The maximum absolute atomic E-state index is 14.3. The summed E-state index contributed by atoms with van der Waals surface area (Å²) in [5.41, 5.74) is 0.183. The van der Waals surface area contributed by atoms with E-state index in [4.69, 9.17) is 19.2 Å². The first-order valence-electron chi connectivity index (χ1n) is 17.2. The molecule has 50 heavy (non-hydrogen) atoms. The van der Waals surface area contributed by atoms with Crippen LogP contribution in [-0.2, 0) is 33.4 Å². The van der Waals surface area contributed by atoms with E-state index in [1.807, 2.05) is 4.90 Å². The van der Waals surface area contributed by atoms with E-state index >= 15 is 0 Å². The van der Waals surface area contributed by atoms with Crippen molar-refractivity contribution in [3.63, 3.8) is 0 Å². The minimum atomic E-state index is -4.64. The highest BCUT2D eigenvalue weighted by Gasteiger charge is 2.36. The van der Waals surface area contributed by atoms with Crippen LogP contribution in [0.15, 0.2) is 30.6 Å². The summed E-state index contributed by atoms with van der Waals surface area (Å²) < 4.78 is 58.4. The van der Waals surface area contributed by atoms with Crippen molar-refractivity contribution in [2.45, 2.75) is 72.0 Å². The van der Waals surface area contributed by atoms with Crippen LogP contribution < -0.4 is 9.64 Å². The molecular weight excluding hydrogens is 671 g/mol. The number of ketones is 1. The van der Waals surface area contributed by atoms with E-state index in [-0.39, 0.29) is 47.6 Å². The topological polar surface area (TPSA) is 107 Å². The van der Waals surface area contributed by atoms with E-state index in [0.717, 1.165) is 36.9 Å². The predicted molar refractivity (Wildman–Crippen MR) is 184 cm³/mol. The number of halogens is 3. The van der Waals surface area contributed by atoms with Crippen LogP contribution >= 0.6 is 11.3 Å². The number of methoxy groups -OCH3 is 1. The number of piperidine rings is 2. The second-order valence-electron chi connectivity index (χ2n) is 13.6. The number of likely N-dealkylation sites (tertiary alicyclic amines) is 1. The predicted octanol–water partition coefficient (Wildman–Crippen LogP) is 6.86. The monoisotopic (exact) mass is 717 g/mol. The quantitative estimate of drug-likeness (QED) is 0.0998. The first-order valence-corrected chi connectivity index (χ1v) is 18.0. The Hall–Kier alpha value is -3.62. The molecule has 2 aliphatic rings. The molecule has 0 atom stereocenters. The van der Waals surface area contributed by atoms with E-state index in [1.54, 1.807) is 19.2 Å². The Balaban J connectivity index is 1.35. The average Bonchev–Trinajstić information content (AvgIpc) is 3.47. The Morgan fingerprint density at radius 2 is 1.86 bits per heavy atom. The van der Waals surface area contributed by atoms with Crippen molar-refractivity contribution in [1.29, 1.82) is 0 Å². The summed E-state index contributed by atoms with van der Waals surface area (Å²) in [4.78, 5) is 44.3. The van der Waals surface area contributed by atoms with Crippen LogP contribution in [0.4, 0.5) is 19.0 Å². The van der Waals surface area contributed by atoms with Crippen molar-refractivity contribution in [2.75, 3.05) is 58.0 Å². The molecular formula is C36H46F3N5O5S. The van der Waals surface area contributed by atoms with E-state index in [0.29, 0.717) is 74.2 Å². The van der Waals surface area contributed by atoms with Gasteiger partial charge in [-0.15, -0.1) is 11.3 Å². The van der Waals surface area contributed by atoms with Crippen molar-refractivity contribution in [2.24, 2.45) is 11.3 Å². The molecule has 0 spiro atoms. The van der Waals surface area contributed by atoms with Gasteiger partial charge in [0.2, 0.25) is 0 Å². The fraction of sp³-hybridized carbons (Fsp3) is 0.583. The van der Waals surface area contributed by atoms with Crippen LogP contribution in [0.5, 0.6) is 5.75 Å². The number of esters is 1. The van der Waals surface area contributed by atoms with Gasteiger partial charge in [-0.1, -0.05) is 13.8 Å². The number of Topliss-reactive ketones (excluding diaryl/α,β-unsaturated/α-hetero) is 1. The minimum absolute atomic E-state index is 0.0606. The Morgan fingerprint density at radius 1 is 1.08 bits per heavy atom. The van der Waals surface area contributed by atoms with E-state index in [2.05, 4.69) is 28.7 Å². The summed E-state index contributed by atoms with van der Waals surface area (Å²) in [5, 5.41) is 0.497. The summed E-state index contributed by atoms with van der Waals surface area (Å²) in [6.45, 7) is 10.6. The largest absolute Gasteiger partial charge is 0.493 e. The third kappa shape index (κ3) is 9.79. The standard InChI is InChI=1S/C36H46F3N5O5S/c1-5-48-34(46)24-10-14-44(15-11-24)31-21-40-27(20-41-31)28(45)19-32-42-33(30(50-32)22-43-13-6-12-35(2,3)23-43)25-8-9-29(49-17-7-16-47-4)26(18-25)36(37,38)39/h8-9,18,20-21,24H,5-7,10-17,19,22-23H2,1-4H3. The number of carbonyl (C=O) groups excluding carboxylic acids is 2. The van der Waals surface area contributed by atoms with Gasteiger partial charge in [-0.05, 0) is 62.8 Å². The molecule has 2 aromatic heterocycles. The molecule has 1 aromatic carbocycles. The van der Waals surface area contributed by atoms with Crippen LogP contribution in [-0.4, -0.2) is 84.7 Å². The van der Waals surface area contributed by atoms with Gasteiger partial charge in [0, 0.05) is 56.8 Å². The smallest absolute Gasteiger partial charge is 0.419 e. The summed E-state index contributed by atoms with van der Waals surface area (Å²) in [6, 6.07) is 4.04. The van der Waals surface area contributed by atoms with Gasteiger partial charge in [-0.3, -0.25) is 14.5 Å². The van der Waals surface area contributed by atoms with Gasteiger partial charge in [-0.25, -0.2) is 15.0 Å². The Morgan fingerprint density at radius 3 is 2.52 bits per heavy atom. The van der Waals surface area contributed by atoms with E-state index in [1.165, 1.54) is 30.7 Å². The molecule has 2 fully saturated rings. The molecule has 10 nitrogen and oxygen atoms in total. The zero-order valence-corrected chi connectivity index (χ0v) is 30.0. The highest BCUT2D eigenvalue weighted by Crippen LogP contribution is 2.41. The number of benzene rings is 1. The van der Waals surface area contributed by atoms with Gasteiger partial charge in [0.25, 0.3) is 0 Å². The van der Waals surface area contributed by atoms with E-state index < -0.39 is 11.7 Å². The first kappa shape index (κ1) is 37.6. The number of anilines is 1. The Kier molecular flexibility index (Phi) is 12.5. The summed E-state index contributed by atoms with van der Waals surface area (Å²) >= 11 is 1.35. The normalized spacial score (nSPS) is 17.1. The molecule has 0 unspecified atom stereocenters. The third-order valence-corrected chi connectivity index (χ3v) is 10.1. The maximum Gasteiger partial charge on any atom is 0.419 e. The van der Waals surface area contributed by atoms with Gasteiger partial charge in [0.05, 0.1) is 49.2 Å².